The number of alkyl halides is 3. The van der Waals surface area contributed by atoms with Crippen LogP contribution in [-0.2, 0) is 9.13 Å². The second-order valence-corrected chi connectivity index (χ2v) is 9.08. The smallest absolute Gasteiger partial charge is 0.324 e. The molecule has 0 radical (unpaired) electrons. The molecule has 0 fully saturated rings. The fourth-order valence-corrected chi connectivity index (χ4v) is 3.49. The van der Waals surface area contributed by atoms with E-state index in [1.165, 1.54) is 0 Å². The summed E-state index contributed by atoms with van der Waals surface area (Å²) in [6.07, 6.45) is 0. The maximum atomic E-state index is 10.6. The molecule has 0 saturated heterocycles. The zero-order chi connectivity index (χ0) is 11.1. The highest BCUT2D eigenvalue weighted by atomic mass is 79.9. The first-order valence-corrected chi connectivity index (χ1v) is 7.50. The lowest BCUT2D eigenvalue weighted by Crippen LogP contribution is -2.26. The first-order chi connectivity index (χ1) is 5.40. The Morgan fingerprint density at radius 2 is 1.46 bits per heavy atom. The summed E-state index contributed by atoms with van der Waals surface area (Å²) in [7, 11) is -9.84. The van der Waals surface area contributed by atoms with Gasteiger partial charge in [0.1, 0.15) is 0 Å². The molecule has 13 heavy (non-hydrogen) atoms. The van der Waals surface area contributed by atoms with Crippen LogP contribution in [0.2, 0.25) is 0 Å². The minimum atomic E-state index is -5.03. The van der Waals surface area contributed by atoms with Gasteiger partial charge in [0, 0.05) is 0 Å². The van der Waals surface area contributed by atoms with E-state index in [1.54, 1.807) is 0 Å². The van der Waals surface area contributed by atoms with Crippen LogP contribution < -0.4 is 0 Å². The minimum absolute atomic E-state index is 2.03. The summed E-state index contributed by atoms with van der Waals surface area (Å²) in [5.74, 6) is 0. The third-order valence-electron chi connectivity index (χ3n) is 0.970. The highest BCUT2D eigenvalue weighted by Gasteiger charge is 2.56. The molecule has 0 aromatic carbocycles. The number of rotatable bonds is 3. The van der Waals surface area contributed by atoms with Crippen molar-refractivity contribution in [3.8, 4) is 0 Å². The molecule has 0 amide bonds. The van der Waals surface area contributed by atoms with Gasteiger partial charge in [0.25, 0.3) is 0 Å². The van der Waals surface area contributed by atoms with Crippen LogP contribution in [0.3, 0.4) is 0 Å². The summed E-state index contributed by atoms with van der Waals surface area (Å²) in [6, 6.07) is 0. The van der Waals surface area contributed by atoms with Crippen molar-refractivity contribution in [3.63, 3.8) is 0 Å². The molecule has 0 saturated carbocycles. The average Bonchev–Trinajstić information content (AvgIpc) is 1.81. The third-order valence-corrected chi connectivity index (χ3v) is 8.42. The van der Waals surface area contributed by atoms with E-state index in [-0.39, 0.29) is 0 Å². The van der Waals surface area contributed by atoms with Gasteiger partial charge in [0.05, 0.1) is 0 Å². The average molecular weight is 338 g/mol. The molecular weight excluding hydrogens is 333 g/mol. The van der Waals surface area contributed by atoms with E-state index in [0.29, 0.717) is 0 Å². The Labute approximate surface area is 91.7 Å². The molecule has 6 nitrogen and oxygen atoms in total. The summed E-state index contributed by atoms with van der Waals surface area (Å²) in [5, 5.41) is 0. The Balaban J connectivity index is 5.09. The van der Waals surface area contributed by atoms with Crippen molar-refractivity contribution < 1.29 is 28.7 Å². The molecular formula is C2H5BrCl2O6P2. The molecule has 0 aromatic rings. The minimum Gasteiger partial charge on any atom is -0.324 e. The summed E-state index contributed by atoms with van der Waals surface area (Å²) >= 11 is 12.6. The van der Waals surface area contributed by atoms with Gasteiger partial charge in [-0.25, -0.2) is 0 Å². The van der Waals surface area contributed by atoms with Crippen molar-refractivity contribution >= 4 is 54.3 Å². The number of hydrogen-bond acceptors (Lipinski definition) is 2. The van der Waals surface area contributed by atoms with Gasteiger partial charge >= 0.3 is 15.2 Å². The highest BCUT2D eigenvalue weighted by molar-refractivity contribution is 9.10. The third kappa shape index (κ3) is 3.45. The second kappa shape index (κ2) is 4.08. The highest BCUT2D eigenvalue weighted by Crippen LogP contribution is 2.67. The largest absolute Gasteiger partial charge is 0.363 e. The molecule has 80 valence electrons. The van der Waals surface area contributed by atoms with Crippen LogP contribution in [0.5, 0.6) is 0 Å². The lowest BCUT2D eigenvalue weighted by Gasteiger charge is -2.26. The van der Waals surface area contributed by atoms with E-state index in [9.17, 15) is 9.13 Å². The molecule has 0 aliphatic rings. The summed E-state index contributed by atoms with van der Waals surface area (Å²) in [4.78, 5) is 34.2. The molecule has 0 aliphatic heterocycles. The molecule has 0 heterocycles. The predicted molar refractivity (Wildman–Crippen MR) is 51.2 cm³/mol. The zero-order valence-corrected chi connectivity index (χ0v) is 10.6. The molecule has 0 bridgehead atoms. The molecule has 11 heteroatoms. The van der Waals surface area contributed by atoms with Crippen molar-refractivity contribution in [2.45, 2.75) is 8.64 Å². The van der Waals surface area contributed by atoms with Gasteiger partial charge < -0.3 is 19.6 Å². The van der Waals surface area contributed by atoms with Crippen LogP contribution in [0.1, 0.15) is 0 Å². The van der Waals surface area contributed by atoms with Gasteiger partial charge in [-0.3, -0.25) is 9.13 Å². The normalized spacial score (nSPS) is 17.2. The van der Waals surface area contributed by atoms with Crippen molar-refractivity contribution in [1.82, 2.24) is 0 Å². The lowest BCUT2D eigenvalue weighted by atomic mass is 10.9. The molecule has 0 aliphatic carbocycles. The SMILES string of the molecule is O=P(O)(O)C(Br)C(Cl)(Cl)P(=O)(O)O. The van der Waals surface area contributed by atoms with E-state index in [4.69, 9.17) is 42.8 Å². The predicted octanol–water partition coefficient (Wildman–Crippen LogP) is 1.19. The van der Waals surface area contributed by atoms with Crippen LogP contribution in [0.4, 0.5) is 0 Å². The molecule has 0 rings (SSSR count). The molecule has 1 unspecified atom stereocenters. The Hall–Kier alpha value is 1.36. The van der Waals surface area contributed by atoms with Gasteiger partial charge in [-0.1, -0.05) is 39.1 Å². The monoisotopic (exact) mass is 336 g/mol. The van der Waals surface area contributed by atoms with E-state index in [2.05, 4.69) is 15.9 Å². The van der Waals surface area contributed by atoms with Gasteiger partial charge in [-0.15, -0.1) is 0 Å². The summed E-state index contributed by atoms with van der Waals surface area (Å²) in [6.45, 7) is 0. The quantitative estimate of drug-likeness (QED) is 0.454. The number of halogens is 3. The molecule has 0 aromatic heterocycles. The van der Waals surface area contributed by atoms with Crippen molar-refractivity contribution in [3.05, 3.63) is 0 Å². The van der Waals surface area contributed by atoms with Crippen LogP contribution in [-0.4, -0.2) is 28.2 Å². The standard InChI is InChI=1S/C2H5BrCl2O6P2/c3-1(12(6,7)8)2(4,5)13(9,10)11/h1H,(H2,6,7,8)(H2,9,10,11). The molecule has 1 atom stereocenters. The molecule has 0 spiro atoms. The maximum Gasteiger partial charge on any atom is 0.363 e. The van der Waals surface area contributed by atoms with Crippen molar-refractivity contribution in [2.24, 2.45) is 0 Å². The summed E-state index contributed by atoms with van der Waals surface area (Å²) < 4.78 is 16.3. The Morgan fingerprint density at radius 3 is 1.54 bits per heavy atom. The Morgan fingerprint density at radius 1 is 1.15 bits per heavy atom. The first kappa shape index (κ1) is 14.4. The van der Waals surface area contributed by atoms with Crippen LogP contribution >= 0.6 is 54.3 Å². The van der Waals surface area contributed by atoms with Crippen LogP contribution in [0.25, 0.3) is 0 Å². The topological polar surface area (TPSA) is 115 Å². The van der Waals surface area contributed by atoms with Crippen LogP contribution in [0.15, 0.2) is 0 Å². The van der Waals surface area contributed by atoms with Gasteiger partial charge in [0.2, 0.25) is 4.07 Å². The fraction of sp³-hybridized carbons (Fsp3) is 1.00. The van der Waals surface area contributed by atoms with Gasteiger partial charge in [-0.05, 0) is 0 Å². The Bertz CT molecular complexity index is 280. The van der Waals surface area contributed by atoms with Crippen molar-refractivity contribution in [2.75, 3.05) is 0 Å². The van der Waals surface area contributed by atoms with E-state index in [0.717, 1.165) is 0 Å². The van der Waals surface area contributed by atoms with Gasteiger partial charge in [-0.2, -0.15) is 0 Å². The molecule has 4 N–H and O–H groups in total. The lowest BCUT2D eigenvalue weighted by molar-refractivity contribution is 0.349. The summed E-state index contributed by atoms with van der Waals surface area (Å²) in [5.41, 5.74) is 0. The zero-order valence-electron chi connectivity index (χ0n) is 5.71. The van der Waals surface area contributed by atoms with Gasteiger partial charge in [0.15, 0.2) is 4.57 Å². The first-order valence-electron chi connectivity index (χ1n) is 2.53. The second-order valence-electron chi connectivity index (χ2n) is 2.06. The van der Waals surface area contributed by atoms with Crippen molar-refractivity contribution in [1.29, 1.82) is 0 Å². The number of hydrogen-bond donors (Lipinski definition) is 4. The fourth-order valence-electron chi connectivity index (χ4n) is 0.341. The van der Waals surface area contributed by atoms with E-state index >= 15 is 0 Å². The Kier molecular flexibility index (Phi) is 4.51. The maximum absolute atomic E-state index is 10.6. The van der Waals surface area contributed by atoms with E-state index < -0.39 is 23.8 Å². The van der Waals surface area contributed by atoms with E-state index in [1.807, 2.05) is 0 Å². The van der Waals surface area contributed by atoms with Crippen LogP contribution in [0, 0.1) is 0 Å².